The molecule has 0 aliphatic carbocycles. The lowest BCUT2D eigenvalue weighted by Gasteiger charge is -2.15. The highest BCUT2D eigenvalue weighted by molar-refractivity contribution is 6.08. The summed E-state index contributed by atoms with van der Waals surface area (Å²) in [5, 5.41) is 4.79. The lowest BCUT2D eigenvalue weighted by atomic mass is 9.89. The highest BCUT2D eigenvalue weighted by Crippen LogP contribution is 2.40. The van der Waals surface area contributed by atoms with Crippen LogP contribution in [0.25, 0.3) is 94.0 Å². The zero-order valence-electron chi connectivity index (χ0n) is 26.5. The molecule has 0 unspecified atom stereocenters. The first kappa shape index (κ1) is 25.9. The molecule has 11 rings (SSSR count). The Morgan fingerprint density at radius 3 is 1.50 bits per heavy atom. The zero-order valence-corrected chi connectivity index (χ0v) is 26.5. The molecule has 0 fully saturated rings. The summed E-state index contributed by atoms with van der Waals surface area (Å²) in [6.07, 6.45) is 0. The molecule has 4 heterocycles. The van der Waals surface area contributed by atoms with Crippen LogP contribution in [-0.4, -0.2) is 23.2 Å². The fourth-order valence-corrected chi connectivity index (χ4v) is 8.01. The number of nitrogens with zero attached hydrogens (tertiary/aromatic N) is 5. The molecule has 0 bridgehead atoms. The van der Waals surface area contributed by atoms with E-state index in [1.807, 2.05) is 0 Å². The van der Waals surface area contributed by atoms with Crippen molar-refractivity contribution in [3.8, 4) is 22.3 Å². The maximum absolute atomic E-state index is 5.29. The van der Waals surface area contributed by atoms with Crippen molar-refractivity contribution in [3.05, 3.63) is 139 Å². The van der Waals surface area contributed by atoms with Gasteiger partial charge in [0.15, 0.2) is 0 Å². The first-order valence-corrected chi connectivity index (χ1v) is 16.6. The van der Waals surface area contributed by atoms with Crippen LogP contribution in [0, 0.1) is 0 Å². The molecule has 0 N–H and O–H groups in total. The summed E-state index contributed by atoms with van der Waals surface area (Å²) in [7, 11) is 0. The van der Waals surface area contributed by atoms with Gasteiger partial charge in [-0.05, 0) is 97.7 Å². The fraction of sp³-hybridized carbons (Fsp3) is 0.0698. The van der Waals surface area contributed by atoms with Gasteiger partial charge >= 0.3 is 0 Å². The van der Waals surface area contributed by atoms with Gasteiger partial charge in [0.1, 0.15) is 5.52 Å². The fourth-order valence-electron chi connectivity index (χ4n) is 8.01. The number of aromatic nitrogens is 5. The summed E-state index contributed by atoms with van der Waals surface area (Å²) in [6.45, 7) is 4.55. The molecule has 226 valence electrons. The largest absolute Gasteiger partial charge is 0.276 e. The van der Waals surface area contributed by atoms with Gasteiger partial charge in [0, 0.05) is 0 Å². The number of fused-ring (bicyclic) bond motifs is 12. The first-order valence-electron chi connectivity index (χ1n) is 16.6. The Kier molecular flexibility index (Phi) is 4.97. The molecule has 0 atom stereocenters. The SMILES string of the molecule is CC(C)c1ccc(-c2cc3c4c(c2)n2c5cc6ccccc6cc5nc2n4c2nc4cc5ccccc5cc4n32)cc1-c1ccccc1. The van der Waals surface area contributed by atoms with E-state index in [2.05, 4.69) is 161 Å². The smallest absolute Gasteiger partial charge is 0.223 e. The minimum Gasteiger partial charge on any atom is -0.276 e. The van der Waals surface area contributed by atoms with Crippen LogP contribution in [0.4, 0.5) is 0 Å². The number of imidazole rings is 4. The van der Waals surface area contributed by atoms with E-state index in [9.17, 15) is 0 Å². The second-order valence-electron chi connectivity index (χ2n) is 13.4. The van der Waals surface area contributed by atoms with E-state index in [4.69, 9.17) is 9.97 Å². The average molecular weight is 616 g/mol. The van der Waals surface area contributed by atoms with Crippen LogP contribution in [0.2, 0.25) is 0 Å². The third kappa shape index (κ3) is 3.40. The number of hydrogen-bond acceptors (Lipinski definition) is 2. The van der Waals surface area contributed by atoms with Gasteiger partial charge < -0.3 is 0 Å². The van der Waals surface area contributed by atoms with Crippen molar-refractivity contribution in [1.29, 1.82) is 0 Å². The molecule has 7 aromatic carbocycles. The van der Waals surface area contributed by atoms with E-state index in [-0.39, 0.29) is 0 Å². The quantitative estimate of drug-likeness (QED) is 0.198. The van der Waals surface area contributed by atoms with E-state index >= 15 is 0 Å². The van der Waals surface area contributed by atoms with Crippen LogP contribution in [0.5, 0.6) is 0 Å². The van der Waals surface area contributed by atoms with E-state index < -0.39 is 0 Å². The Morgan fingerprint density at radius 2 is 0.958 bits per heavy atom. The van der Waals surface area contributed by atoms with Crippen molar-refractivity contribution >= 4 is 71.7 Å². The third-order valence-electron chi connectivity index (χ3n) is 10.3. The zero-order chi connectivity index (χ0) is 31.7. The molecular weight excluding hydrogens is 587 g/mol. The lowest BCUT2D eigenvalue weighted by molar-refractivity contribution is 0.869. The maximum atomic E-state index is 5.29. The third-order valence-corrected chi connectivity index (χ3v) is 10.3. The van der Waals surface area contributed by atoms with Crippen molar-refractivity contribution in [3.63, 3.8) is 0 Å². The van der Waals surface area contributed by atoms with Crippen molar-refractivity contribution in [2.45, 2.75) is 19.8 Å². The summed E-state index contributed by atoms with van der Waals surface area (Å²) < 4.78 is 6.94. The van der Waals surface area contributed by atoms with E-state index in [0.717, 1.165) is 50.2 Å². The number of hydrogen-bond donors (Lipinski definition) is 0. The van der Waals surface area contributed by atoms with Crippen LogP contribution in [0.15, 0.2) is 133 Å². The number of rotatable bonds is 3. The van der Waals surface area contributed by atoms with E-state index in [0.29, 0.717) is 5.92 Å². The Balaban J connectivity index is 1.30. The Morgan fingerprint density at radius 1 is 0.438 bits per heavy atom. The predicted molar refractivity (Wildman–Crippen MR) is 199 cm³/mol. The van der Waals surface area contributed by atoms with Crippen LogP contribution < -0.4 is 0 Å². The maximum Gasteiger partial charge on any atom is 0.223 e. The predicted octanol–water partition coefficient (Wildman–Crippen LogP) is 10.9. The molecule has 5 heteroatoms. The average Bonchev–Trinajstić information content (AvgIpc) is 3.84. The first-order chi connectivity index (χ1) is 23.6. The van der Waals surface area contributed by atoms with Crippen molar-refractivity contribution in [1.82, 2.24) is 23.2 Å². The molecule has 0 aliphatic heterocycles. The summed E-state index contributed by atoms with van der Waals surface area (Å²) in [6, 6.07) is 48.5. The summed E-state index contributed by atoms with van der Waals surface area (Å²) in [5.41, 5.74) is 13.8. The highest BCUT2D eigenvalue weighted by atomic mass is 15.3. The Hall–Kier alpha value is -6.20. The van der Waals surface area contributed by atoms with Gasteiger partial charge in [-0.25, -0.2) is 14.4 Å². The Labute approximate surface area is 275 Å². The molecule has 5 nitrogen and oxygen atoms in total. The van der Waals surface area contributed by atoms with Crippen molar-refractivity contribution in [2.75, 3.05) is 0 Å². The molecule has 0 spiro atoms. The van der Waals surface area contributed by atoms with Gasteiger partial charge in [0.25, 0.3) is 0 Å². The van der Waals surface area contributed by atoms with E-state index in [1.54, 1.807) is 0 Å². The molecule has 0 amide bonds. The normalized spacial score (nSPS) is 12.6. The summed E-state index contributed by atoms with van der Waals surface area (Å²) in [4.78, 5) is 10.6. The monoisotopic (exact) mass is 615 g/mol. The summed E-state index contributed by atoms with van der Waals surface area (Å²) >= 11 is 0. The molecular formula is C43H29N5. The summed E-state index contributed by atoms with van der Waals surface area (Å²) in [5.74, 6) is 2.17. The number of benzene rings is 7. The van der Waals surface area contributed by atoms with Crippen LogP contribution >= 0.6 is 0 Å². The molecule has 0 saturated carbocycles. The second-order valence-corrected chi connectivity index (χ2v) is 13.4. The van der Waals surface area contributed by atoms with Gasteiger partial charge in [-0.15, -0.1) is 0 Å². The van der Waals surface area contributed by atoms with Gasteiger partial charge in [0.05, 0.1) is 33.1 Å². The standard InChI is InChI=1S/C43H29N5/c1-25(2)33-17-16-31(18-34(33)26-10-4-3-5-11-26)32-23-39-41-40(24-32)47-38-22-30-15-9-7-13-28(30)20-36(38)45-43(47)48(41)42-44-35-19-27-12-6-8-14-29(27)21-37(35)46(39)42/h3-25H,1-2H3. The molecule has 48 heavy (non-hydrogen) atoms. The van der Waals surface area contributed by atoms with E-state index in [1.165, 1.54) is 49.4 Å². The minimum atomic E-state index is 0.407. The molecule has 0 aliphatic rings. The van der Waals surface area contributed by atoms with Crippen LogP contribution in [0.3, 0.4) is 0 Å². The van der Waals surface area contributed by atoms with Crippen molar-refractivity contribution in [2.24, 2.45) is 0 Å². The minimum absolute atomic E-state index is 0.407. The molecule has 11 aromatic rings. The van der Waals surface area contributed by atoms with Gasteiger partial charge in [-0.1, -0.05) is 105 Å². The molecule has 4 aromatic heterocycles. The topological polar surface area (TPSA) is 39.0 Å². The molecule has 0 saturated heterocycles. The molecule has 0 radical (unpaired) electrons. The van der Waals surface area contributed by atoms with Gasteiger partial charge in [0.2, 0.25) is 11.6 Å². The van der Waals surface area contributed by atoms with Crippen LogP contribution in [-0.2, 0) is 0 Å². The lowest BCUT2D eigenvalue weighted by Crippen LogP contribution is -1.94. The van der Waals surface area contributed by atoms with Crippen LogP contribution in [0.1, 0.15) is 25.3 Å². The van der Waals surface area contributed by atoms with Crippen molar-refractivity contribution < 1.29 is 0 Å². The Bertz CT molecular complexity index is 2930. The second kappa shape index (κ2) is 9.20. The van der Waals surface area contributed by atoms with Gasteiger partial charge in [-0.3, -0.25) is 8.80 Å². The van der Waals surface area contributed by atoms with Gasteiger partial charge in [-0.2, -0.15) is 0 Å². The highest BCUT2D eigenvalue weighted by Gasteiger charge is 2.25.